The molecule has 0 amide bonds. The van der Waals surface area contributed by atoms with Gasteiger partial charge in [-0.05, 0) is 30.7 Å². The third kappa shape index (κ3) is 3.99. The molecule has 2 aromatic heterocycles. The molecule has 0 unspecified atom stereocenters. The van der Waals surface area contributed by atoms with Gasteiger partial charge in [0.2, 0.25) is 11.6 Å². The van der Waals surface area contributed by atoms with Crippen molar-refractivity contribution < 1.29 is 4.92 Å². The molecule has 2 aromatic carbocycles. The zero-order valence-corrected chi connectivity index (χ0v) is 16.7. The van der Waals surface area contributed by atoms with Crippen molar-refractivity contribution in [2.75, 3.05) is 10.6 Å². The molecular formula is C21H17ClN6O2. The fourth-order valence-corrected chi connectivity index (χ4v) is 3.27. The first kappa shape index (κ1) is 19.5. The van der Waals surface area contributed by atoms with Crippen LogP contribution in [0, 0.1) is 17.0 Å². The first-order valence-corrected chi connectivity index (χ1v) is 9.51. The lowest BCUT2D eigenvalue weighted by Gasteiger charge is -2.12. The summed E-state index contributed by atoms with van der Waals surface area (Å²) in [6, 6.07) is 16.7. The lowest BCUT2D eigenvalue weighted by molar-refractivity contribution is -0.383. The minimum Gasteiger partial charge on any atom is -0.360 e. The highest BCUT2D eigenvalue weighted by molar-refractivity contribution is 6.31. The van der Waals surface area contributed by atoms with Crippen LogP contribution < -0.4 is 10.6 Å². The number of fused-ring (bicyclic) bond motifs is 1. The van der Waals surface area contributed by atoms with E-state index in [1.165, 1.54) is 6.33 Å². The molecule has 4 rings (SSSR count). The van der Waals surface area contributed by atoms with E-state index in [-0.39, 0.29) is 23.9 Å². The second-order valence-corrected chi connectivity index (χ2v) is 6.98. The molecule has 0 saturated heterocycles. The van der Waals surface area contributed by atoms with Crippen molar-refractivity contribution in [1.82, 2.24) is 15.0 Å². The summed E-state index contributed by atoms with van der Waals surface area (Å²) in [4.78, 5) is 24.0. The fraction of sp³-hybridized carbons (Fsp3) is 0.0952. The Morgan fingerprint density at radius 2 is 1.83 bits per heavy atom. The first-order chi connectivity index (χ1) is 14.5. The molecule has 0 radical (unpaired) electrons. The Balaban J connectivity index is 1.69. The lowest BCUT2D eigenvalue weighted by Crippen LogP contribution is -2.08. The number of hydrogen-bond acceptors (Lipinski definition) is 7. The third-order valence-corrected chi connectivity index (χ3v) is 4.89. The zero-order valence-electron chi connectivity index (χ0n) is 16.0. The highest BCUT2D eigenvalue weighted by Gasteiger charge is 2.23. The normalized spacial score (nSPS) is 10.7. The number of aromatic nitrogens is 3. The molecule has 4 aromatic rings. The summed E-state index contributed by atoms with van der Waals surface area (Å²) >= 11 is 6.17. The predicted molar refractivity (Wildman–Crippen MR) is 117 cm³/mol. The molecule has 2 N–H and O–H groups in total. The van der Waals surface area contributed by atoms with Crippen molar-refractivity contribution in [1.29, 1.82) is 0 Å². The van der Waals surface area contributed by atoms with Gasteiger partial charge in [0.15, 0.2) is 0 Å². The van der Waals surface area contributed by atoms with E-state index in [4.69, 9.17) is 11.6 Å². The first-order valence-electron chi connectivity index (χ1n) is 9.13. The van der Waals surface area contributed by atoms with Crippen LogP contribution in [0.5, 0.6) is 0 Å². The average Bonchev–Trinajstić information content (AvgIpc) is 2.73. The molecule has 8 nitrogen and oxygen atoms in total. The maximum absolute atomic E-state index is 11.8. The van der Waals surface area contributed by atoms with Gasteiger partial charge < -0.3 is 10.6 Å². The van der Waals surface area contributed by atoms with E-state index in [0.717, 1.165) is 16.6 Å². The number of para-hydroxylation sites is 1. The monoisotopic (exact) mass is 420 g/mol. The van der Waals surface area contributed by atoms with Crippen LogP contribution in [0.25, 0.3) is 10.9 Å². The number of anilines is 3. The van der Waals surface area contributed by atoms with E-state index < -0.39 is 4.92 Å². The quantitative estimate of drug-likeness (QED) is 0.324. The Hall–Kier alpha value is -3.78. The highest BCUT2D eigenvalue weighted by atomic mass is 35.5. The molecule has 0 atom stereocenters. The van der Waals surface area contributed by atoms with Crippen LogP contribution in [0.15, 0.2) is 60.9 Å². The maximum Gasteiger partial charge on any atom is 0.353 e. The standard InChI is InChI=1S/C21H17ClN6O2/c1-13-9-10-14-6-4-8-17(18(14)26-13)27-21-19(28(29)30)20(24-12-25-21)23-11-15-5-2-3-7-16(15)22/h2-10,12H,11H2,1H3,(H2,23,24,25,27). The van der Waals surface area contributed by atoms with Gasteiger partial charge in [-0.25, -0.2) is 9.97 Å². The van der Waals surface area contributed by atoms with E-state index in [0.29, 0.717) is 16.2 Å². The van der Waals surface area contributed by atoms with Gasteiger partial charge in [-0.15, -0.1) is 0 Å². The van der Waals surface area contributed by atoms with Gasteiger partial charge in [0, 0.05) is 22.6 Å². The summed E-state index contributed by atoms with van der Waals surface area (Å²) in [5.74, 6) is 0.175. The highest BCUT2D eigenvalue weighted by Crippen LogP contribution is 2.33. The second kappa shape index (κ2) is 8.30. The van der Waals surface area contributed by atoms with E-state index in [9.17, 15) is 10.1 Å². The van der Waals surface area contributed by atoms with Gasteiger partial charge in [-0.1, -0.05) is 48.0 Å². The van der Waals surface area contributed by atoms with Gasteiger partial charge in [-0.2, -0.15) is 0 Å². The van der Waals surface area contributed by atoms with Crippen LogP contribution in [0.3, 0.4) is 0 Å². The van der Waals surface area contributed by atoms with Crippen LogP contribution in [0.2, 0.25) is 5.02 Å². The Kier molecular flexibility index (Phi) is 5.40. The number of nitro groups is 1. The largest absolute Gasteiger partial charge is 0.360 e. The summed E-state index contributed by atoms with van der Waals surface area (Å²) in [5.41, 5.74) is 2.71. The summed E-state index contributed by atoms with van der Waals surface area (Å²) in [6.45, 7) is 2.17. The molecule has 0 aliphatic rings. The number of nitrogens with one attached hydrogen (secondary N) is 2. The molecular weight excluding hydrogens is 404 g/mol. The predicted octanol–water partition coefficient (Wildman–Crippen LogP) is 5.25. The number of aryl methyl sites for hydroxylation is 1. The Morgan fingerprint density at radius 1 is 1.03 bits per heavy atom. The van der Waals surface area contributed by atoms with Crippen LogP contribution in [0.4, 0.5) is 23.0 Å². The summed E-state index contributed by atoms with van der Waals surface area (Å²) in [6.07, 6.45) is 1.27. The van der Waals surface area contributed by atoms with Crippen molar-refractivity contribution in [2.24, 2.45) is 0 Å². The molecule has 0 aliphatic carbocycles. The van der Waals surface area contributed by atoms with Gasteiger partial charge in [-0.3, -0.25) is 15.1 Å². The Labute approximate surface area is 177 Å². The van der Waals surface area contributed by atoms with Crippen molar-refractivity contribution in [3.05, 3.63) is 87.3 Å². The van der Waals surface area contributed by atoms with Gasteiger partial charge in [0.1, 0.15) is 6.33 Å². The van der Waals surface area contributed by atoms with Gasteiger partial charge >= 0.3 is 5.69 Å². The van der Waals surface area contributed by atoms with E-state index in [1.807, 2.05) is 49.4 Å². The number of hydrogen-bond donors (Lipinski definition) is 2. The summed E-state index contributed by atoms with van der Waals surface area (Å²) in [5, 5.41) is 19.4. The van der Waals surface area contributed by atoms with Crippen LogP contribution in [-0.2, 0) is 6.54 Å². The molecule has 150 valence electrons. The molecule has 0 aliphatic heterocycles. The van der Waals surface area contributed by atoms with Crippen LogP contribution in [0.1, 0.15) is 11.3 Å². The van der Waals surface area contributed by atoms with E-state index in [2.05, 4.69) is 25.6 Å². The molecule has 0 fully saturated rings. The van der Waals surface area contributed by atoms with E-state index >= 15 is 0 Å². The van der Waals surface area contributed by atoms with Gasteiger partial charge in [0.25, 0.3) is 0 Å². The number of halogens is 1. The number of benzene rings is 2. The maximum atomic E-state index is 11.8. The van der Waals surface area contributed by atoms with Crippen molar-refractivity contribution >= 4 is 45.5 Å². The zero-order chi connectivity index (χ0) is 21.1. The fourth-order valence-electron chi connectivity index (χ4n) is 3.07. The Bertz CT molecular complexity index is 1250. The van der Waals surface area contributed by atoms with Crippen molar-refractivity contribution in [3.8, 4) is 0 Å². The molecule has 0 spiro atoms. The van der Waals surface area contributed by atoms with Gasteiger partial charge in [0.05, 0.1) is 16.1 Å². The number of pyridine rings is 1. The lowest BCUT2D eigenvalue weighted by atomic mass is 10.1. The van der Waals surface area contributed by atoms with Crippen LogP contribution >= 0.6 is 11.6 Å². The minimum atomic E-state index is -0.513. The van der Waals surface area contributed by atoms with Crippen molar-refractivity contribution in [2.45, 2.75) is 13.5 Å². The minimum absolute atomic E-state index is 0.0764. The number of rotatable bonds is 6. The molecule has 30 heavy (non-hydrogen) atoms. The summed E-state index contributed by atoms with van der Waals surface area (Å²) < 4.78 is 0. The Morgan fingerprint density at radius 3 is 2.63 bits per heavy atom. The average molecular weight is 421 g/mol. The summed E-state index contributed by atoms with van der Waals surface area (Å²) in [7, 11) is 0. The molecule has 0 saturated carbocycles. The molecule has 9 heteroatoms. The second-order valence-electron chi connectivity index (χ2n) is 6.58. The molecule has 0 bridgehead atoms. The van der Waals surface area contributed by atoms with E-state index in [1.54, 1.807) is 12.1 Å². The number of nitrogens with zero attached hydrogens (tertiary/aromatic N) is 4. The topological polar surface area (TPSA) is 106 Å². The SMILES string of the molecule is Cc1ccc2cccc(Nc3ncnc(NCc4ccccc4Cl)c3[N+](=O)[O-])c2n1. The smallest absolute Gasteiger partial charge is 0.353 e. The van der Waals surface area contributed by atoms with Crippen molar-refractivity contribution in [3.63, 3.8) is 0 Å². The third-order valence-electron chi connectivity index (χ3n) is 4.52. The van der Waals surface area contributed by atoms with Crippen LogP contribution in [-0.4, -0.2) is 19.9 Å². The molecule has 2 heterocycles.